The van der Waals surface area contributed by atoms with Crippen molar-refractivity contribution in [2.45, 2.75) is 44.4 Å². The highest BCUT2D eigenvalue weighted by Crippen LogP contribution is 2.29. The van der Waals surface area contributed by atoms with E-state index in [1.165, 1.54) is 6.07 Å². The Hall–Kier alpha value is -1.99. The summed E-state index contributed by atoms with van der Waals surface area (Å²) in [6, 6.07) is 6.56. The predicted molar refractivity (Wildman–Crippen MR) is 97.0 cm³/mol. The van der Waals surface area contributed by atoms with Crippen LogP contribution in [0.4, 0.5) is 0 Å². The fourth-order valence-electron chi connectivity index (χ4n) is 3.17. The number of rotatable bonds is 3. The second-order valence-electron chi connectivity index (χ2n) is 6.54. The fraction of sp³-hybridized carbons (Fsp3) is 0.444. The number of hydrogen-bond donors (Lipinski definition) is 1. The molecule has 0 bridgehead atoms. The molecule has 3 rings (SSSR count). The molecule has 1 aliphatic rings. The van der Waals surface area contributed by atoms with Crippen LogP contribution >= 0.6 is 0 Å². The van der Waals surface area contributed by atoms with E-state index in [2.05, 4.69) is 10.2 Å². The molecule has 1 aromatic carbocycles. The number of hydrogen-bond acceptors (Lipinski definition) is 4. The van der Waals surface area contributed by atoms with E-state index in [1.54, 1.807) is 16.4 Å². The summed E-state index contributed by atoms with van der Waals surface area (Å²) < 4.78 is 28.0. The van der Waals surface area contributed by atoms with E-state index in [9.17, 15) is 13.2 Å². The van der Waals surface area contributed by atoms with Gasteiger partial charge in [0.2, 0.25) is 10.0 Å². The maximum Gasteiger partial charge on any atom is 0.264 e. The summed E-state index contributed by atoms with van der Waals surface area (Å²) >= 11 is 0. The third-order valence-corrected chi connectivity index (χ3v) is 6.80. The summed E-state index contributed by atoms with van der Waals surface area (Å²) in [6.07, 6.45) is 3.95. The van der Waals surface area contributed by atoms with Gasteiger partial charge >= 0.3 is 0 Å². The Morgan fingerprint density at radius 3 is 2.32 bits per heavy atom. The third kappa shape index (κ3) is 3.67. The summed E-state index contributed by atoms with van der Waals surface area (Å²) in [6.45, 7) is 4.87. The number of nitrogens with one attached hydrogen (secondary N) is 1. The van der Waals surface area contributed by atoms with Crippen LogP contribution in [0.5, 0.6) is 0 Å². The molecule has 2 aromatic rings. The van der Waals surface area contributed by atoms with E-state index in [4.69, 9.17) is 0 Å². The normalized spacial score (nSPS) is 16.6. The number of aromatic amines is 1. The van der Waals surface area contributed by atoms with Crippen LogP contribution in [0.3, 0.4) is 0 Å². The Morgan fingerprint density at radius 2 is 1.72 bits per heavy atom. The quantitative estimate of drug-likeness (QED) is 0.911. The Kier molecular flexibility index (Phi) is 5.06. The molecule has 0 atom stereocenters. The van der Waals surface area contributed by atoms with Crippen molar-refractivity contribution < 1.29 is 8.42 Å². The molecular weight excluding hydrogens is 338 g/mol. The van der Waals surface area contributed by atoms with Gasteiger partial charge in [-0.25, -0.2) is 13.5 Å². The minimum absolute atomic E-state index is 0.287. The van der Waals surface area contributed by atoms with E-state index >= 15 is 0 Å². The highest BCUT2D eigenvalue weighted by Gasteiger charge is 2.27. The van der Waals surface area contributed by atoms with E-state index in [0.29, 0.717) is 29.2 Å². The van der Waals surface area contributed by atoms with Gasteiger partial charge in [-0.1, -0.05) is 12.8 Å². The largest absolute Gasteiger partial charge is 0.268 e. The number of aryl methyl sites for hydroxylation is 1. The zero-order chi connectivity index (χ0) is 18.0. The Labute approximate surface area is 147 Å². The summed E-state index contributed by atoms with van der Waals surface area (Å²) in [5, 5.41) is 6.42. The van der Waals surface area contributed by atoms with Crippen molar-refractivity contribution in [1.82, 2.24) is 14.5 Å². The topological polar surface area (TPSA) is 83.1 Å². The van der Waals surface area contributed by atoms with Crippen LogP contribution in [-0.2, 0) is 10.0 Å². The lowest BCUT2D eigenvalue weighted by Gasteiger charge is -2.22. The van der Waals surface area contributed by atoms with Crippen molar-refractivity contribution in [3.63, 3.8) is 0 Å². The molecule has 1 saturated heterocycles. The van der Waals surface area contributed by atoms with Gasteiger partial charge < -0.3 is 0 Å². The minimum Gasteiger partial charge on any atom is -0.268 e. The number of benzene rings is 1. The van der Waals surface area contributed by atoms with Crippen LogP contribution in [0.1, 0.15) is 36.8 Å². The van der Waals surface area contributed by atoms with Crippen molar-refractivity contribution in [2.24, 2.45) is 0 Å². The zero-order valence-corrected chi connectivity index (χ0v) is 15.4. The molecule has 1 N–H and O–H groups in total. The molecule has 0 spiro atoms. The second kappa shape index (κ2) is 7.09. The van der Waals surface area contributed by atoms with Crippen LogP contribution in [0.15, 0.2) is 34.0 Å². The van der Waals surface area contributed by atoms with Crippen LogP contribution < -0.4 is 5.56 Å². The summed E-state index contributed by atoms with van der Waals surface area (Å²) in [4.78, 5) is 11.5. The van der Waals surface area contributed by atoms with Crippen molar-refractivity contribution in [3.05, 3.63) is 45.7 Å². The SMILES string of the molecule is Cc1cc(-c2ccc(=O)[nH]n2)cc(S(=O)(=O)N2CCCCCC2)c1C. The van der Waals surface area contributed by atoms with Crippen molar-refractivity contribution in [2.75, 3.05) is 13.1 Å². The number of nitrogens with zero attached hydrogens (tertiary/aromatic N) is 2. The van der Waals surface area contributed by atoms with Crippen LogP contribution in [0, 0.1) is 13.8 Å². The fourth-order valence-corrected chi connectivity index (χ4v) is 5.01. The smallest absolute Gasteiger partial charge is 0.264 e. The lowest BCUT2D eigenvalue weighted by molar-refractivity contribution is 0.423. The standard InChI is InChI=1S/C18H23N3O3S/c1-13-11-15(16-7-8-18(22)20-19-16)12-17(14(13)2)25(23,24)21-9-5-3-4-6-10-21/h7-8,11-12H,3-6,9-10H2,1-2H3,(H,20,22). The summed E-state index contributed by atoms with van der Waals surface area (Å²) in [5.41, 5.74) is 2.60. The monoisotopic (exact) mass is 361 g/mol. The van der Waals surface area contributed by atoms with Gasteiger partial charge in [0, 0.05) is 24.7 Å². The number of H-pyrrole nitrogens is 1. The summed E-state index contributed by atoms with van der Waals surface area (Å²) in [7, 11) is -3.54. The maximum absolute atomic E-state index is 13.2. The molecule has 0 radical (unpaired) electrons. The van der Waals surface area contributed by atoms with Gasteiger partial charge in [0.1, 0.15) is 0 Å². The third-order valence-electron chi connectivity index (χ3n) is 4.78. The first kappa shape index (κ1) is 17.8. The van der Waals surface area contributed by atoms with E-state index in [1.807, 2.05) is 19.9 Å². The molecule has 0 unspecified atom stereocenters. The maximum atomic E-state index is 13.2. The van der Waals surface area contributed by atoms with Gasteiger partial charge in [0.25, 0.3) is 5.56 Å². The molecule has 6 nitrogen and oxygen atoms in total. The highest BCUT2D eigenvalue weighted by molar-refractivity contribution is 7.89. The van der Waals surface area contributed by atoms with Crippen molar-refractivity contribution in [3.8, 4) is 11.3 Å². The zero-order valence-electron chi connectivity index (χ0n) is 14.6. The van der Waals surface area contributed by atoms with Gasteiger partial charge in [0.15, 0.2) is 0 Å². The van der Waals surface area contributed by atoms with E-state index in [0.717, 1.165) is 36.8 Å². The second-order valence-corrected chi connectivity index (χ2v) is 8.45. The van der Waals surface area contributed by atoms with Gasteiger partial charge in [-0.05, 0) is 56.0 Å². The van der Waals surface area contributed by atoms with Crippen LogP contribution in [-0.4, -0.2) is 36.0 Å². The molecule has 25 heavy (non-hydrogen) atoms. The van der Waals surface area contributed by atoms with Crippen LogP contribution in [0.2, 0.25) is 0 Å². The van der Waals surface area contributed by atoms with Gasteiger partial charge in [-0.3, -0.25) is 4.79 Å². The molecule has 0 amide bonds. The molecule has 7 heteroatoms. The molecule has 1 aliphatic heterocycles. The average Bonchev–Trinajstić information content (AvgIpc) is 2.87. The first-order valence-corrected chi connectivity index (χ1v) is 10.0. The van der Waals surface area contributed by atoms with Gasteiger partial charge in [-0.2, -0.15) is 9.40 Å². The van der Waals surface area contributed by atoms with Crippen molar-refractivity contribution >= 4 is 10.0 Å². The Morgan fingerprint density at radius 1 is 1.04 bits per heavy atom. The Bertz CT molecular complexity index is 907. The molecule has 0 saturated carbocycles. The van der Waals surface area contributed by atoms with Gasteiger partial charge in [0.05, 0.1) is 10.6 Å². The first-order valence-electron chi connectivity index (χ1n) is 8.57. The molecular formula is C18H23N3O3S. The molecule has 134 valence electrons. The average molecular weight is 361 g/mol. The first-order chi connectivity index (χ1) is 11.9. The highest BCUT2D eigenvalue weighted by atomic mass is 32.2. The van der Waals surface area contributed by atoms with Gasteiger partial charge in [-0.15, -0.1) is 0 Å². The predicted octanol–water partition coefficient (Wildman–Crippen LogP) is 2.62. The molecule has 1 aromatic heterocycles. The Balaban J connectivity index is 2.08. The molecule has 2 heterocycles. The molecule has 1 fully saturated rings. The van der Waals surface area contributed by atoms with Crippen molar-refractivity contribution in [1.29, 1.82) is 0 Å². The lowest BCUT2D eigenvalue weighted by Crippen LogP contribution is -2.32. The number of aromatic nitrogens is 2. The summed E-state index contributed by atoms with van der Waals surface area (Å²) in [5.74, 6) is 0. The number of sulfonamides is 1. The van der Waals surface area contributed by atoms with Crippen LogP contribution in [0.25, 0.3) is 11.3 Å². The molecule has 0 aliphatic carbocycles. The lowest BCUT2D eigenvalue weighted by atomic mass is 10.0. The van der Waals surface area contributed by atoms with E-state index in [-0.39, 0.29) is 5.56 Å². The minimum atomic E-state index is -3.54. The van der Waals surface area contributed by atoms with E-state index < -0.39 is 10.0 Å².